The molecule has 2 aliphatic heterocycles. The highest BCUT2D eigenvalue weighted by molar-refractivity contribution is 6.30. The number of benzene rings is 2. The molecular weight excluding hydrogens is 426 g/mol. The van der Waals surface area contributed by atoms with Gasteiger partial charge in [-0.25, -0.2) is 0 Å². The number of carbonyl (C=O) groups excluding carboxylic acids is 2. The number of piperidine rings is 1. The van der Waals surface area contributed by atoms with Gasteiger partial charge in [0.05, 0.1) is 5.69 Å². The lowest BCUT2D eigenvalue weighted by Crippen LogP contribution is -2.36. The molecule has 2 aliphatic rings. The van der Waals surface area contributed by atoms with Crippen molar-refractivity contribution in [3.05, 3.63) is 64.4 Å². The topological polar surface area (TPSA) is 70.7 Å². The minimum absolute atomic E-state index is 0.156. The van der Waals surface area contributed by atoms with Crippen LogP contribution < -0.4 is 15.4 Å². The maximum atomic E-state index is 12.5. The number of hydrogen-bond acceptors (Lipinski definition) is 4. The van der Waals surface area contributed by atoms with Crippen LogP contribution in [-0.4, -0.2) is 42.9 Å². The van der Waals surface area contributed by atoms with Crippen LogP contribution in [-0.2, 0) is 4.79 Å². The Kier molecular flexibility index (Phi) is 7.12. The van der Waals surface area contributed by atoms with E-state index in [0.717, 1.165) is 37.5 Å². The summed E-state index contributed by atoms with van der Waals surface area (Å²) in [7, 11) is 0. The van der Waals surface area contributed by atoms with Crippen LogP contribution in [0.1, 0.15) is 42.1 Å². The molecule has 1 atom stereocenters. The first-order valence-electron chi connectivity index (χ1n) is 11.1. The van der Waals surface area contributed by atoms with Crippen molar-refractivity contribution in [1.29, 1.82) is 0 Å². The number of likely N-dealkylation sites (tertiary alicyclic amines) is 1. The van der Waals surface area contributed by atoms with Crippen LogP contribution in [0.25, 0.3) is 6.08 Å². The first-order valence-corrected chi connectivity index (χ1v) is 11.5. The Balaban J connectivity index is 1.33. The molecule has 0 spiro atoms. The van der Waals surface area contributed by atoms with Crippen LogP contribution in [0, 0.1) is 5.92 Å². The molecule has 0 unspecified atom stereocenters. The van der Waals surface area contributed by atoms with E-state index in [1.165, 1.54) is 12.8 Å². The van der Waals surface area contributed by atoms with Crippen LogP contribution in [0.2, 0.25) is 5.02 Å². The fourth-order valence-electron chi connectivity index (χ4n) is 4.11. The van der Waals surface area contributed by atoms with Crippen molar-refractivity contribution in [1.82, 2.24) is 10.2 Å². The third-order valence-corrected chi connectivity index (χ3v) is 6.03. The molecule has 2 heterocycles. The second-order valence-electron chi connectivity index (χ2n) is 8.48. The Bertz CT molecular complexity index is 1020. The summed E-state index contributed by atoms with van der Waals surface area (Å²) in [5.41, 5.74) is 1.78. The van der Waals surface area contributed by atoms with Crippen LogP contribution in [0.3, 0.4) is 0 Å². The van der Waals surface area contributed by atoms with E-state index in [-0.39, 0.29) is 17.6 Å². The van der Waals surface area contributed by atoms with Gasteiger partial charge >= 0.3 is 0 Å². The van der Waals surface area contributed by atoms with E-state index in [4.69, 9.17) is 16.3 Å². The zero-order valence-electron chi connectivity index (χ0n) is 18.2. The van der Waals surface area contributed by atoms with Gasteiger partial charge in [-0.3, -0.25) is 9.59 Å². The molecule has 0 aromatic heterocycles. The van der Waals surface area contributed by atoms with Crippen LogP contribution in [0.15, 0.2) is 48.2 Å². The summed E-state index contributed by atoms with van der Waals surface area (Å²) in [6, 6.07) is 12.2. The minimum atomic E-state index is -0.360. The lowest BCUT2D eigenvalue weighted by molar-refractivity contribution is -0.115. The molecule has 0 bridgehead atoms. The number of carbonyl (C=O) groups is 2. The van der Waals surface area contributed by atoms with E-state index in [2.05, 4.69) is 22.5 Å². The number of anilines is 1. The quantitative estimate of drug-likeness (QED) is 0.496. The highest BCUT2D eigenvalue weighted by atomic mass is 35.5. The van der Waals surface area contributed by atoms with E-state index >= 15 is 0 Å². The van der Waals surface area contributed by atoms with Gasteiger partial charge < -0.3 is 20.3 Å². The summed E-state index contributed by atoms with van der Waals surface area (Å²) in [6.07, 6.45) is 5.14. The zero-order valence-corrected chi connectivity index (χ0v) is 19.0. The van der Waals surface area contributed by atoms with Gasteiger partial charge in [0.2, 0.25) is 0 Å². The van der Waals surface area contributed by atoms with Gasteiger partial charge in [-0.05, 0) is 80.2 Å². The predicted molar refractivity (Wildman–Crippen MR) is 127 cm³/mol. The second kappa shape index (κ2) is 10.2. The van der Waals surface area contributed by atoms with Gasteiger partial charge in [-0.2, -0.15) is 0 Å². The van der Waals surface area contributed by atoms with Crippen molar-refractivity contribution < 1.29 is 14.3 Å². The summed E-state index contributed by atoms with van der Waals surface area (Å²) < 4.78 is 5.77. The molecule has 2 aromatic carbocycles. The molecule has 0 aliphatic carbocycles. The van der Waals surface area contributed by atoms with Gasteiger partial charge in [0.1, 0.15) is 0 Å². The van der Waals surface area contributed by atoms with Gasteiger partial charge in [0, 0.05) is 23.7 Å². The number of halogens is 1. The SMILES string of the molecule is C[C@@H]1CCCN(CCCNC(=O)c2ccc3c(c2)NC(=O)/C(=C/c2ccc(Cl)cc2)O3)C1. The minimum Gasteiger partial charge on any atom is -0.449 e. The van der Waals surface area contributed by atoms with Crippen molar-refractivity contribution in [2.45, 2.75) is 26.2 Å². The lowest BCUT2D eigenvalue weighted by atomic mass is 10.0. The molecule has 32 heavy (non-hydrogen) atoms. The third kappa shape index (κ3) is 5.69. The monoisotopic (exact) mass is 453 g/mol. The normalized spacial score (nSPS) is 19.8. The number of nitrogens with zero attached hydrogens (tertiary/aromatic N) is 1. The summed E-state index contributed by atoms with van der Waals surface area (Å²) >= 11 is 5.91. The van der Waals surface area contributed by atoms with Crippen molar-refractivity contribution >= 4 is 35.2 Å². The van der Waals surface area contributed by atoms with E-state index < -0.39 is 0 Å². The fraction of sp³-hybridized carbons (Fsp3) is 0.360. The number of nitrogens with one attached hydrogen (secondary N) is 2. The molecule has 6 nitrogen and oxygen atoms in total. The van der Waals surface area contributed by atoms with E-state index in [1.807, 2.05) is 0 Å². The first-order chi connectivity index (χ1) is 15.5. The maximum absolute atomic E-state index is 12.5. The molecular formula is C25H28ClN3O3. The number of rotatable bonds is 6. The lowest BCUT2D eigenvalue weighted by Gasteiger charge is -2.30. The Morgan fingerprint density at radius 3 is 2.88 bits per heavy atom. The smallest absolute Gasteiger partial charge is 0.291 e. The molecule has 4 rings (SSSR count). The van der Waals surface area contributed by atoms with Gasteiger partial charge in [-0.15, -0.1) is 0 Å². The van der Waals surface area contributed by atoms with Crippen molar-refractivity contribution in [2.75, 3.05) is 31.5 Å². The molecule has 2 aromatic rings. The molecule has 2 amide bonds. The van der Waals surface area contributed by atoms with Crippen LogP contribution >= 0.6 is 11.6 Å². The Hall–Kier alpha value is -2.83. The summed E-state index contributed by atoms with van der Waals surface area (Å²) in [6.45, 7) is 6.21. The number of amides is 2. The molecule has 1 saturated heterocycles. The van der Waals surface area contributed by atoms with Crippen LogP contribution in [0.5, 0.6) is 5.75 Å². The number of fused-ring (bicyclic) bond motifs is 1. The molecule has 2 N–H and O–H groups in total. The summed E-state index contributed by atoms with van der Waals surface area (Å²) in [5, 5.41) is 6.40. The van der Waals surface area contributed by atoms with Gasteiger partial charge in [0.25, 0.3) is 11.8 Å². The highest BCUT2D eigenvalue weighted by Gasteiger charge is 2.23. The summed E-state index contributed by atoms with van der Waals surface area (Å²) in [5.74, 6) is 0.926. The Labute approximate surface area is 193 Å². The van der Waals surface area contributed by atoms with Crippen molar-refractivity contribution in [3.63, 3.8) is 0 Å². The average molecular weight is 454 g/mol. The van der Waals surface area contributed by atoms with E-state index in [0.29, 0.717) is 28.6 Å². The first kappa shape index (κ1) is 22.4. The van der Waals surface area contributed by atoms with Gasteiger partial charge in [-0.1, -0.05) is 30.7 Å². The second-order valence-corrected chi connectivity index (χ2v) is 8.92. The van der Waals surface area contributed by atoms with Gasteiger partial charge in [0.15, 0.2) is 11.5 Å². The number of ether oxygens (including phenoxy) is 1. The van der Waals surface area contributed by atoms with Crippen molar-refractivity contribution in [2.24, 2.45) is 5.92 Å². The molecule has 0 radical (unpaired) electrons. The molecule has 0 saturated carbocycles. The maximum Gasteiger partial charge on any atom is 0.291 e. The molecule has 168 valence electrons. The standard InChI is InChI=1S/C25H28ClN3O3/c1-17-4-2-12-29(16-17)13-3-11-27-24(30)19-7-10-22-21(15-19)28-25(31)23(32-22)14-18-5-8-20(26)9-6-18/h5-10,14-15,17H,2-4,11-13,16H2,1H3,(H,27,30)(H,28,31)/b23-14-/t17-/m1/s1. The molecule has 1 fully saturated rings. The van der Waals surface area contributed by atoms with Crippen molar-refractivity contribution in [3.8, 4) is 5.75 Å². The largest absolute Gasteiger partial charge is 0.449 e. The fourth-order valence-corrected chi connectivity index (χ4v) is 4.23. The highest BCUT2D eigenvalue weighted by Crippen LogP contribution is 2.32. The predicted octanol–water partition coefficient (Wildman–Crippen LogP) is 4.56. The Morgan fingerprint density at radius 2 is 2.09 bits per heavy atom. The molecule has 7 heteroatoms. The van der Waals surface area contributed by atoms with Crippen LogP contribution in [0.4, 0.5) is 5.69 Å². The third-order valence-electron chi connectivity index (χ3n) is 5.78. The summed E-state index contributed by atoms with van der Waals surface area (Å²) in [4.78, 5) is 27.5. The zero-order chi connectivity index (χ0) is 22.5. The Morgan fingerprint density at radius 1 is 1.28 bits per heavy atom. The van der Waals surface area contributed by atoms with E-state index in [1.54, 1.807) is 48.5 Å². The van der Waals surface area contributed by atoms with E-state index in [9.17, 15) is 9.59 Å². The number of hydrogen-bond donors (Lipinski definition) is 2. The average Bonchev–Trinajstić information content (AvgIpc) is 2.78.